The fraction of sp³-hybridized carbons (Fsp3) is 0.600. The van der Waals surface area contributed by atoms with E-state index in [2.05, 4.69) is 0 Å². The van der Waals surface area contributed by atoms with Gasteiger partial charge in [-0.2, -0.15) is 0 Å². The normalized spacial score (nSPS) is 20.2. The molecule has 0 bridgehead atoms. The molecule has 1 aromatic carbocycles. The molecule has 19 heavy (non-hydrogen) atoms. The average molecular weight is 268 g/mol. The second-order valence-corrected chi connectivity index (χ2v) is 5.02. The number of ether oxygens (including phenoxy) is 2. The van der Waals surface area contributed by atoms with Crippen molar-refractivity contribution < 1.29 is 19.0 Å². The van der Waals surface area contributed by atoms with Gasteiger partial charge in [0.15, 0.2) is 0 Å². The van der Waals surface area contributed by atoms with Crippen molar-refractivity contribution in [1.82, 2.24) is 0 Å². The molecule has 1 aliphatic heterocycles. The summed E-state index contributed by atoms with van der Waals surface area (Å²) in [7, 11) is 0. The van der Waals surface area contributed by atoms with Crippen molar-refractivity contribution in [2.45, 2.75) is 38.4 Å². The minimum Gasteiger partial charge on any atom is -0.385 e. The molecule has 4 heteroatoms. The van der Waals surface area contributed by atoms with Crippen LogP contribution in [0.1, 0.15) is 37.0 Å². The van der Waals surface area contributed by atoms with Gasteiger partial charge in [-0.25, -0.2) is 4.39 Å². The molecule has 1 aliphatic rings. The van der Waals surface area contributed by atoms with Crippen LogP contribution in [0.5, 0.6) is 0 Å². The predicted octanol–water partition coefficient (Wildman–Crippen LogP) is 2.75. The first-order chi connectivity index (χ1) is 9.09. The van der Waals surface area contributed by atoms with Crippen LogP contribution in [-0.2, 0) is 9.47 Å². The van der Waals surface area contributed by atoms with Crippen LogP contribution in [0.25, 0.3) is 0 Å². The standard InChI is InChI=1S/C15H21FO3/c1-3-19-15(6-8-18-9-7-15)14(17)12-4-5-13(16)11(2)10-12/h4-5,10,14,17H,3,6-9H2,1-2H3. The molecule has 1 aromatic rings. The van der Waals surface area contributed by atoms with Gasteiger partial charge >= 0.3 is 0 Å². The molecule has 0 saturated carbocycles. The number of hydrogen-bond donors (Lipinski definition) is 1. The summed E-state index contributed by atoms with van der Waals surface area (Å²) in [5, 5.41) is 10.6. The average Bonchev–Trinajstić information content (AvgIpc) is 2.42. The first-order valence-electron chi connectivity index (χ1n) is 6.75. The molecular weight excluding hydrogens is 247 g/mol. The van der Waals surface area contributed by atoms with Crippen LogP contribution in [0.2, 0.25) is 0 Å². The summed E-state index contributed by atoms with van der Waals surface area (Å²) in [5.41, 5.74) is 0.626. The third-order valence-electron chi connectivity index (χ3n) is 3.77. The van der Waals surface area contributed by atoms with Gasteiger partial charge < -0.3 is 14.6 Å². The van der Waals surface area contributed by atoms with Gasteiger partial charge in [-0.15, -0.1) is 0 Å². The van der Waals surface area contributed by atoms with E-state index in [-0.39, 0.29) is 5.82 Å². The maximum atomic E-state index is 13.3. The van der Waals surface area contributed by atoms with E-state index in [0.29, 0.717) is 43.8 Å². The van der Waals surface area contributed by atoms with Gasteiger partial charge in [0, 0.05) is 32.7 Å². The smallest absolute Gasteiger partial charge is 0.126 e. The molecule has 1 N–H and O–H groups in total. The van der Waals surface area contributed by atoms with Crippen LogP contribution in [0.15, 0.2) is 18.2 Å². The topological polar surface area (TPSA) is 38.7 Å². The zero-order valence-electron chi connectivity index (χ0n) is 11.5. The Bertz CT molecular complexity index is 422. The molecule has 0 amide bonds. The van der Waals surface area contributed by atoms with Crippen LogP contribution in [0.4, 0.5) is 4.39 Å². The molecule has 0 spiro atoms. The number of rotatable bonds is 4. The van der Waals surface area contributed by atoms with E-state index in [1.807, 2.05) is 6.92 Å². The Balaban J connectivity index is 2.27. The monoisotopic (exact) mass is 268 g/mol. The fourth-order valence-electron chi connectivity index (χ4n) is 2.64. The Morgan fingerprint density at radius 2 is 2.11 bits per heavy atom. The number of benzene rings is 1. The zero-order chi connectivity index (χ0) is 13.9. The highest BCUT2D eigenvalue weighted by Crippen LogP contribution is 2.38. The highest BCUT2D eigenvalue weighted by molar-refractivity contribution is 5.27. The summed E-state index contributed by atoms with van der Waals surface area (Å²) in [6, 6.07) is 4.71. The van der Waals surface area contributed by atoms with E-state index >= 15 is 0 Å². The van der Waals surface area contributed by atoms with Crippen molar-refractivity contribution >= 4 is 0 Å². The Morgan fingerprint density at radius 3 is 2.68 bits per heavy atom. The summed E-state index contributed by atoms with van der Waals surface area (Å²) in [5.74, 6) is -0.256. The van der Waals surface area contributed by atoms with E-state index in [1.54, 1.807) is 19.1 Å². The number of aliphatic hydroxyl groups is 1. The molecule has 1 atom stereocenters. The van der Waals surface area contributed by atoms with Gasteiger partial charge in [0.2, 0.25) is 0 Å². The second-order valence-electron chi connectivity index (χ2n) is 5.02. The number of halogens is 1. The lowest BCUT2D eigenvalue weighted by Crippen LogP contribution is -2.44. The van der Waals surface area contributed by atoms with Crippen LogP contribution in [0.3, 0.4) is 0 Å². The Kier molecular flexibility index (Phi) is 4.55. The van der Waals surface area contributed by atoms with Crippen LogP contribution >= 0.6 is 0 Å². The van der Waals surface area contributed by atoms with E-state index in [9.17, 15) is 9.50 Å². The van der Waals surface area contributed by atoms with E-state index in [1.165, 1.54) is 6.07 Å². The van der Waals surface area contributed by atoms with E-state index in [0.717, 1.165) is 0 Å². The number of hydrogen-bond acceptors (Lipinski definition) is 3. The van der Waals surface area contributed by atoms with Gasteiger partial charge in [-0.1, -0.05) is 12.1 Å². The molecule has 1 heterocycles. The quantitative estimate of drug-likeness (QED) is 0.912. The van der Waals surface area contributed by atoms with Gasteiger partial charge in [0.1, 0.15) is 17.5 Å². The summed E-state index contributed by atoms with van der Waals surface area (Å²) in [6.07, 6.45) is 0.548. The lowest BCUT2D eigenvalue weighted by atomic mass is 9.83. The van der Waals surface area contributed by atoms with Gasteiger partial charge in [-0.3, -0.25) is 0 Å². The number of aryl methyl sites for hydroxylation is 1. The van der Waals surface area contributed by atoms with Crippen LogP contribution in [-0.4, -0.2) is 30.5 Å². The first-order valence-corrected chi connectivity index (χ1v) is 6.75. The van der Waals surface area contributed by atoms with Crippen molar-refractivity contribution in [3.8, 4) is 0 Å². The van der Waals surface area contributed by atoms with Crippen molar-refractivity contribution in [3.63, 3.8) is 0 Å². The summed E-state index contributed by atoms with van der Waals surface area (Å²) < 4.78 is 24.5. The molecule has 3 nitrogen and oxygen atoms in total. The Morgan fingerprint density at radius 1 is 1.42 bits per heavy atom. The zero-order valence-corrected chi connectivity index (χ0v) is 11.5. The number of aliphatic hydroxyl groups excluding tert-OH is 1. The first kappa shape index (κ1) is 14.4. The molecule has 106 valence electrons. The van der Waals surface area contributed by atoms with Crippen molar-refractivity contribution in [2.24, 2.45) is 0 Å². The van der Waals surface area contributed by atoms with E-state index in [4.69, 9.17) is 9.47 Å². The van der Waals surface area contributed by atoms with Crippen molar-refractivity contribution in [1.29, 1.82) is 0 Å². The molecule has 1 fully saturated rings. The summed E-state index contributed by atoms with van der Waals surface area (Å²) in [4.78, 5) is 0. The maximum Gasteiger partial charge on any atom is 0.126 e. The predicted molar refractivity (Wildman–Crippen MR) is 70.5 cm³/mol. The van der Waals surface area contributed by atoms with Gasteiger partial charge in [0.05, 0.1) is 0 Å². The molecule has 2 rings (SSSR count). The minimum absolute atomic E-state index is 0.256. The van der Waals surface area contributed by atoms with E-state index < -0.39 is 11.7 Å². The summed E-state index contributed by atoms with van der Waals surface area (Å²) >= 11 is 0. The van der Waals surface area contributed by atoms with Gasteiger partial charge in [0.25, 0.3) is 0 Å². The fourth-order valence-corrected chi connectivity index (χ4v) is 2.64. The highest BCUT2D eigenvalue weighted by Gasteiger charge is 2.41. The van der Waals surface area contributed by atoms with Gasteiger partial charge in [-0.05, 0) is 31.0 Å². The molecule has 0 aromatic heterocycles. The Labute approximate surface area is 113 Å². The van der Waals surface area contributed by atoms with Crippen molar-refractivity contribution in [3.05, 3.63) is 35.1 Å². The molecule has 1 unspecified atom stereocenters. The minimum atomic E-state index is -0.754. The lowest BCUT2D eigenvalue weighted by molar-refractivity contribution is -0.168. The van der Waals surface area contributed by atoms with Crippen molar-refractivity contribution in [2.75, 3.05) is 19.8 Å². The second kappa shape index (κ2) is 5.99. The molecular formula is C15H21FO3. The third-order valence-corrected chi connectivity index (χ3v) is 3.77. The Hall–Kier alpha value is -0.970. The molecule has 0 aliphatic carbocycles. The van der Waals surface area contributed by atoms with Crippen LogP contribution < -0.4 is 0 Å². The summed E-state index contributed by atoms with van der Waals surface area (Å²) in [6.45, 7) is 5.31. The molecule has 1 saturated heterocycles. The largest absolute Gasteiger partial charge is 0.385 e. The third kappa shape index (κ3) is 2.96. The lowest BCUT2D eigenvalue weighted by Gasteiger charge is -2.40. The maximum absolute atomic E-state index is 13.3. The molecule has 0 radical (unpaired) electrons. The van der Waals surface area contributed by atoms with Crippen LogP contribution in [0, 0.1) is 12.7 Å². The SMILES string of the molecule is CCOC1(C(O)c2ccc(F)c(C)c2)CCOCC1. The highest BCUT2D eigenvalue weighted by atomic mass is 19.1.